The summed E-state index contributed by atoms with van der Waals surface area (Å²) in [6.07, 6.45) is 5.63. The first-order valence-electron chi connectivity index (χ1n) is 11.3. The van der Waals surface area contributed by atoms with Gasteiger partial charge in [-0.05, 0) is 60.7 Å². The lowest BCUT2D eigenvalue weighted by Gasteiger charge is -2.23. The lowest BCUT2D eigenvalue weighted by atomic mass is 9.89. The first kappa shape index (κ1) is 22.6. The molecule has 2 N–H and O–H groups in total. The standard InChI is InChI=1S/C26H29N3O4/c1-32-20-12-8-18(9-13-20)22-23(25(27)30)26(31)29(16-17-6-4-3-5-7-17)28-24(22)19-10-14-21(33-2)15-11-19/h8-15,17H,3-7,16H2,1-2H3,(H2,27,30). The van der Waals surface area contributed by atoms with Crippen LogP contribution in [0.3, 0.4) is 0 Å². The average molecular weight is 448 g/mol. The normalized spacial score (nSPS) is 14.1. The largest absolute Gasteiger partial charge is 0.497 e. The van der Waals surface area contributed by atoms with Crippen molar-refractivity contribution in [3.8, 4) is 33.9 Å². The van der Waals surface area contributed by atoms with Crippen molar-refractivity contribution >= 4 is 5.91 Å². The van der Waals surface area contributed by atoms with E-state index in [1.165, 1.54) is 11.1 Å². The highest BCUT2D eigenvalue weighted by Gasteiger charge is 2.25. The van der Waals surface area contributed by atoms with E-state index >= 15 is 0 Å². The second kappa shape index (κ2) is 9.90. The average Bonchev–Trinajstić information content (AvgIpc) is 2.85. The minimum absolute atomic E-state index is 0.0446. The number of amides is 1. The van der Waals surface area contributed by atoms with Crippen LogP contribution in [0.4, 0.5) is 0 Å². The summed E-state index contributed by atoms with van der Waals surface area (Å²) >= 11 is 0. The fourth-order valence-corrected chi connectivity index (χ4v) is 4.53. The van der Waals surface area contributed by atoms with Gasteiger partial charge in [0.05, 0.1) is 19.9 Å². The van der Waals surface area contributed by atoms with E-state index in [2.05, 4.69) is 0 Å². The number of methoxy groups -OCH3 is 2. The minimum Gasteiger partial charge on any atom is -0.497 e. The van der Waals surface area contributed by atoms with Gasteiger partial charge in [0, 0.05) is 17.7 Å². The Bertz CT molecular complexity index is 1180. The highest BCUT2D eigenvalue weighted by atomic mass is 16.5. The van der Waals surface area contributed by atoms with Crippen molar-refractivity contribution in [2.75, 3.05) is 14.2 Å². The van der Waals surface area contributed by atoms with Gasteiger partial charge in [0.15, 0.2) is 0 Å². The molecule has 2 aromatic carbocycles. The number of nitrogens with zero attached hydrogens (tertiary/aromatic N) is 2. The van der Waals surface area contributed by atoms with Crippen molar-refractivity contribution < 1.29 is 14.3 Å². The number of hydrogen-bond donors (Lipinski definition) is 1. The Morgan fingerprint density at radius 1 is 0.939 bits per heavy atom. The van der Waals surface area contributed by atoms with Crippen LogP contribution in [-0.4, -0.2) is 29.9 Å². The van der Waals surface area contributed by atoms with Crippen LogP contribution in [-0.2, 0) is 6.54 Å². The van der Waals surface area contributed by atoms with Gasteiger partial charge in [0.25, 0.3) is 11.5 Å². The molecule has 7 nitrogen and oxygen atoms in total. The van der Waals surface area contributed by atoms with Gasteiger partial charge < -0.3 is 15.2 Å². The Balaban J connectivity index is 1.93. The van der Waals surface area contributed by atoms with E-state index in [1.54, 1.807) is 38.5 Å². The van der Waals surface area contributed by atoms with Crippen molar-refractivity contribution in [1.29, 1.82) is 0 Å². The zero-order valence-electron chi connectivity index (χ0n) is 19.0. The zero-order chi connectivity index (χ0) is 23.4. The second-order valence-electron chi connectivity index (χ2n) is 8.41. The Morgan fingerprint density at radius 3 is 2.00 bits per heavy atom. The maximum absolute atomic E-state index is 13.4. The molecule has 0 atom stereocenters. The van der Waals surface area contributed by atoms with Crippen LogP contribution in [0.1, 0.15) is 42.5 Å². The predicted octanol–water partition coefficient (Wildman–Crippen LogP) is 4.27. The molecule has 1 fully saturated rings. The first-order chi connectivity index (χ1) is 16.0. The van der Waals surface area contributed by atoms with E-state index in [-0.39, 0.29) is 5.56 Å². The molecule has 1 aliphatic carbocycles. The van der Waals surface area contributed by atoms with Crippen molar-refractivity contribution in [1.82, 2.24) is 9.78 Å². The molecule has 1 heterocycles. The van der Waals surface area contributed by atoms with Crippen LogP contribution in [0.15, 0.2) is 53.3 Å². The number of rotatable bonds is 7. The fourth-order valence-electron chi connectivity index (χ4n) is 4.53. The van der Waals surface area contributed by atoms with Gasteiger partial charge in [-0.15, -0.1) is 0 Å². The highest BCUT2D eigenvalue weighted by molar-refractivity contribution is 6.02. The van der Waals surface area contributed by atoms with Gasteiger partial charge in [-0.3, -0.25) is 9.59 Å². The number of hydrogen-bond acceptors (Lipinski definition) is 5. The van der Waals surface area contributed by atoms with Crippen molar-refractivity contribution in [2.45, 2.75) is 38.6 Å². The lowest BCUT2D eigenvalue weighted by Crippen LogP contribution is -2.35. The van der Waals surface area contributed by atoms with Gasteiger partial charge >= 0.3 is 0 Å². The number of benzene rings is 2. The van der Waals surface area contributed by atoms with Crippen LogP contribution in [0.2, 0.25) is 0 Å². The van der Waals surface area contributed by atoms with Crippen LogP contribution >= 0.6 is 0 Å². The van der Waals surface area contributed by atoms with Crippen LogP contribution in [0.25, 0.3) is 22.4 Å². The number of carbonyl (C=O) groups is 1. The van der Waals surface area contributed by atoms with Crippen molar-refractivity contribution in [3.63, 3.8) is 0 Å². The molecular formula is C26H29N3O4. The van der Waals surface area contributed by atoms with Crippen molar-refractivity contribution in [3.05, 3.63) is 64.4 Å². The summed E-state index contributed by atoms with van der Waals surface area (Å²) in [6.45, 7) is 0.477. The summed E-state index contributed by atoms with van der Waals surface area (Å²) in [5.74, 6) is 0.972. The third-order valence-electron chi connectivity index (χ3n) is 6.30. The quantitative estimate of drug-likeness (QED) is 0.583. The van der Waals surface area contributed by atoms with Gasteiger partial charge in [-0.1, -0.05) is 31.4 Å². The fraction of sp³-hybridized carbons (Fsp3) is 0.346. The van der Waals surface area contributed by atoms with Gasteiger partial charge in [-0.2, -0.15) is 5.10 Å². The third-order valence-corrected chi connectivity index (χ3v) is 6.30. The smallest absolute Gasteiger partial charge is 0.280 e. The van der Waals surface area contributed by atoms with Crippen LogP contribution in [0, 0.1) is 5.92 Å². The van der Waals surface area contributed by atoms with E-state index in [0.717, 1.165) is 31.2 Å². The van der Waals surface area contributed by atoms with E-state index in [4.69, 9.17) is 20.3 Å². The molecular weight excluding hydrogens is 418 g/mol. The van der Waals surface area contributed by atoms with Crippen LogP contribution in [0.5, 0.6) is 11.5 Å². The summed E-state index contributed by atoms with van der Waals surface area (Å²) in [4.78, 5) is 26.0. The van der Waals surface area contributed by atoms with Gasteiger partial charge in [-0.25, -0.2) is 4.68 Å². The molecule has 0 aliphatic heterocycles. The molecule has 0 bridgehead atoms. The Labute approximate surface area is 193 Å². The van der Waals surface area contributed by atoms with Crippen LogP contribution < -0.4 is 20.8 Å². The first-order valence-corrected chi connectivity index (χ1v) is 11.3. The number of carbonyl (C=O) groups excluding carboxylic acids is 1. The maximum atomic E-state index is 13.4. The molecule has 4 rings (SSSR count). The molecule has 0 spiro atoms. The molecule has 7 heteroatoms. The van der Waals surface area contributed by atoms with Gasteiger partial charge in [0.2, 0.25) is 0 Å². The molecule has 1 amide bonds. The predicted molar refractivity (Wildman–Crippen MR) is 128 cm³/mol. The van der Waals surface area contributed by atoms with E-state index in [9.17, 15) is 9.59 Å². The maximum Gasteiger partial charge on any atom is 0.280 e. The van der Waals surface area contributed by atoms with E-state index < -0.39 is 11.5 Å². The van der Waals surface area contributed by atoms with Crippen molar-refractivity contribution in [2.24, 2.45) is 11.7 Å². The summed E-state index contributed by atoms with van der Waals surface area (Å²) in [5, 5.41) is 4.78. The molecule has 0 radical (unpaired) electrons. The summed E-state index contributed by atoms with van der Waals surface area (Å²) in [7, 11) is 3.19. The second-order valence-corrected chi connectivity index (χ2v) is 8.41. The minimum atomic E-state index is -0.764. The summed E-state index contributed by atoms with van der Waals surface area (Å²) < 4.78 is 12.0. The highest BCUT2D eigenvalue weighted by Crippen LogP contribution is 2.34. The molecule has 33 heavy (non-hydrogen) atoms. The molecule has 1 aromatic heterocycles. The molecule has 0 unspecified atom stereocenters. The molecule has 3 aromatic rings. The monoisotopic (exact) mass is 447 g/mol. The zero-order valence-corrected chi connectivity index (χ0v) is 19.0. The number of primary amides is 1. The number of nitrogens with two attached hydrogens (primary N) is 1. The van der Waals surface area contributed by atoms with Gasteiger partial charge in [0.1, 0.15) is 17.1 Å². The van der Waals surface area contributed by atoms with E-state index in [0.29, 0.717) is 40.8 Å². The number of ether oxygens (including phenoxy) is 2. The summed E-state index contributed by atoms with van der Waals surface area (Å²) in [6, 6.07) is 14.6. The molecule has 1 saturated carbocycles. The SMILES string of the molecule is COc1ccc(-c2nn(CC3CCCCC3)c(=O)c(C(N)=O)c2-c2ccc(OC)cc2)cc1. The molecule has 1 aliphatic rings. The number of aromatic nitrogens is 2. The van der Waals surface area contributed by atoms with E-state index in [1.807, 2.05) is 24.3 Å². The topological polar surface area (TPSA) is 96.4 Å². The Hall–Kier alpha value is -3.61. The molecule has 172 valence electrons. The lowest BCUT2D eigenvalue weighted by molar-refractivity contribution is 0.0998. The Kier molecular flexibility index (Phi) is 6.77. The third kappa shape index (κ3) is 4.77. The summed E-state index contributed by atoms with van der Waals surface area (Å²) in [5.41, 5.74) is 7.69. The molecule has 0 saturated heterocycles. The Morgan fingerprint density at radius 2 is 1.48 bits per heavy atom.